The standard InChI is InChI=1S/C22H26N2O4/c1-26-19-12-16(13-20(27-2)21(19)28-3)22(25)24-11-8-15-6-7-17(14-18(15)24)23-9-4-5-10-23/h6-7,12-14H,4-5,8-11H2,1-3H3. The quantitative estimate of drug-likeness (QED) is 0.792. The number of hydrogen-bond acceptors (Lipinski definition) is 5. The molecule has 2 aliphatic rings. The normalized spacial score (nSPS) is 15.5. The Morgan fingerprint density at radius 1 is 0.893 bits per heavy atom. The van der Waals surface area contributed by atoms with E-state index in [0.717, 1.165) is 25.2 Å². The van der Waals surface area contributed by atoms with E-state index in [0.29, 0.717) is 29.4 Å². The Morgan fingerprint density at radius 2 is 1.57 bits per heavy atom. The number of ether oxygens (including phenoxy) is 3. The lowest BCUT2D eigenvalue weighted by atomic mass is 10.1. The Kier molecular flexibility index (Phi) is 5.03. The molecule has 2 aromatic carbocycles. The van der Waals surface area contributed by atoms with Gasteiger partial charge in [0.25, 0.3) is 5.91 Å². The van der Waals surface area contributed by atoms with Crippen LogP contribution in [-0.4, -0.2) is 46.9 Å². The highest BCUT2D eigenvalue weighted by molar-refractivity contribution is 6.08. The van der Waals surface area contributed by atoms with Crippen LogP contribution >= 0.6 is 0 Å². The van der Waals surface area contributed by atoms with Gasteiger partial charge in [0, 0.05) is 36.6 Å². The largest absolute Gasteiger partial charge is 0.493 e. The molecule has 6 nitrogen and oxygen atoms in total. The van der Waals surface area contributed by atoms with E-state index in [1.807, 2.05) is 4.90 Å². The summed E-state index contributed by atoms with van der Waals surface area (Å²) in [6.45, 7) is 2.84. The molecule has 0 unspecified atom stereocenters. The molecule has 1 fully saturated rings. The Bertz CT molecular complexity index is 865. The number of fused-ring (bicyclic) bond motifs is 1. The van der Waals surface area contributed by atoms with E-state index in [1.54, 1.807) is 33.5 Å². The summed E-state index contributed by atoms with van der Waals surface area (Å²) in [4.78, 5) is 17.6. The number of nitrogens with zero attached hydrogens (tertiary/aromatic N) is 2. The molecule has 28 heavy (non-hydrogen) atoms. The van der Waals surface area contributed by atoms with Gasteiger partial charge < -0.3 is 24.0 Å². The summed E-state index contributed by atoms with van der Waals surface area (Å²) >= 11 is 0. The van der Waals surface area contributed by atoms with E-state index >= 15 is 0 Å². The molecule has 6 heteroatoms. The van der Waals surface area contributed by atoms with E-state index in [4.69, 9.17) is 14.2 Å². The fourth-order valence-electron chi connectivity index (χ4n) is 4.11. The van der Waals surface area contributed by atoms with Crippen molar-refractivity contribution in [3.05, 3.63) is 41.5 Å². The average molecular weight is 382 g/mol. The number of carbonyl (C=O) groups excluding carboxylic acids is 1. The van der Waals surface area contributed by atoms with Crippen LogP contribution in [0.1, 0.15) is 28.8 Å². The van der Waals surface area contributed by atoms with Crippen LogP contribution in [0.2, 0.25) is 0 Å². The molecule has 0 aromatic heterocycles. The van der Waals surface area contributed by atoms with Crippen molar-refractivity contribution in [2.75, 3.05) is 50.8 Å². The molecule has 0 bridgehead atoms. The number of rotatable bonds is 5. The van der Waals surface area contributed by atoms with Crippen molar-refractivity contribution in [3.8, 4) is 17.2 Å². The highest BCUT2D eigenvalue weighted by Gasteiger charge is 2.28. The summed E-state index contributed by atoms with van der Waals surface area (Å²) in [5, 5.41) is 0. The van der Waals surface area contributed by atoms with E-state index in [2.05, 4.69) is 23.1 Å². The average Bonchev–Trinajstić information content (AvgIpc) is 3.41. The molecule has 2 aliphatic heterocycles. The van der Waals surface area contributed by atoms with E-state index in [9.17, 15) is 4.79 Å². The molecule has 1 amide bonds. The van der Waals surface area contributed by atoms with Crippen molar-refractivity contribution >= 4 is 17.3 Å². The molecule has 4 rings (SSSR count). The van der Waals surface area contributed by atoms with Crippen LogP contribution in [0.25, 0.3) is 0 Å². The predicted molar refractivity (Wildman–Crippen MR) is 109 cm³/mol. The number of anilines is 2. The third-order valence-corrected chi connectivity index (χ3v) is 5.59. The first kappa shape index (κ1) is 18.5. The molecular weight excluding hydrogens is 356 g/mol. The monoisotopic (exact) mass is 382 g/mol. The van der Waals surface area contributed by atoms with Crippen LogP contribution in [0.4, 0.5) is 11.4 Å². The third kappa shape index (κ3) is 3.13. The minimum absolute atomic E-state index is 0.0587. The lowest BCUT2D eigenvalue weighted by molar-refractivity contribution is 0.0988. The molecule has 0 spiro atoms. The Labute approximate surface area is 165 Å². The van der Waals surface area contributed by atoms with Crippen molar-refractivity contribution in [3.63, 3.8) is 0 Å². The van der Waals surface area contributed by atoms with Crippen LogP contribution in [0.3, 0.4) is 0 Å². The van der Waals surface area contributed by atoms with Crippen molar-refractivity contribution in [1.29, 1.82) is 0 Å². The third-order valence-electron chi connectivity index (χ3n) is 5.59. The maximum atomic E-state index is 13.3. The zero-order valence-corrected chi connectivity index (χ0v) is 16.7. The molecule has 0 saturated carbocycles. The van der Waals surface area contributed by atoms with E-state index < -0.39 is 0 Å². The van der Waals surface area contributed by atoms with Crippen LogP contribution in [0.5, 0.6) is 17.2 Å². The fraction of sp³-hybridized carbons (Fsp3) is 0.409. The van der Waals surface area contributed by atoms with Crippen LogP contribution in [0.15, 0.2) is 30.3 Å². The number of benzene rings is 2. The summed E-state index contributed by atoms with van der Waals surface area (Å²) in [5.41, 5.74) is 3.93. The van der Waals surface area contributed by atoms with Crippen molar-refractivity contribution in [1.82, 2.24) is 0 Å². The van der Waals surface area contributed by atoms with Crippen molar-refractivity contribution < 1.29 is 19.0 Å². The highest BCUT2D eigenvalue weighted by atomic mass is 16.5. The lowest BCUT2D eigenvalue weighted by Crippen LogP contribution is -2.29. The minimum atomic E-state index is -0.0587. The number of hydrogen-bond donors (Lipinski definition) is 0. The Hall–Kier alpha value is -2.89. The van der Waals surface area contributed by atoms with Gasteiger partial charge in [-0.2, -0.15) is 0 Å². The zero-order valence-electron chi connectivity index (χ0n) is 16.7. The molecule has 148 valence electrons. The van der Waals surface area contributed by atoms with Gasteiger partial charge in [-0.3, -0.25) is 4.79 Å². The second-order valence-corrected chi connectivity index (χ2v) is 7.13. The smallest absolute Gasteiger partial charge is 0.258 e. The summed E-state index contributed by atoms with van der Waals surface area (Å²) in [7, 11) is 4.66. The fourth-order valence-corrected chi connectivity index (χ4v) is 4.11. The first-order valence-corrected chi connectivity index (χ1v) is 9.66. The van der Waals surface area contributed by atoms with Crippen LogP contribution in [-0.2, 0) is 6.42 Å². The molecule has 0 aliphatic carbocycles. The maximum Gasteiger partial charge on any atom is 0.258 e. The van der Waals surface area contributed by atoms with E-state index in [-0.39, 0.29) is 5.91 Å². The Balaban J connectivity index is 1.68. The number of amides is 1. The minimum Gasteiger partial charge on any atom is -0.493 e. The molecule has 0 N–H and O–H groups in total. The molecular formula is C22H26N2O4. The molecule has 0 radical (unpaired) electrons. The van der Waals surface area contributed by atoms with Gasteiger partial charge >= 0.3 is 0 Å². The summed E-state index contributed by atoms with van der Waals surface area (Å²) < 4.78 is 16.2. The van der Waals surface area contributed by atoms with Gasteiger partial charge in [0.2, 0.25) is 5.75 Å². The topological polar surface area (TPSA) is 51.2 Å². The second-order valence-electron chi connectivity index (χ2n) is 7.13. The summed E-state index contributed by atoms with van der Waals surface area (Å²) in [6.07, 6.45) is 3.32. The van der Waals surface area contributed by atoms with Gasteiger partial charge in [-0.1, -0.05) is 6.07 Å². The highest BCUT2D eigenvalue weighted by Crippen LogP contribution is 2.40. The van der Waals surface area contributed by atoms with Gasteiger partial charge in [-0.05, 0) is 49.1 Å². The van der Waals surface area contributed by atoms with Crippen molar-refractivity contribution in [2.45, 2.75) is 19.3 Å². The van der Waals surface area contributed by atoms with Crippen LogP contribution < -0.4 is 24.0 Å². The second kappa shape index (κ2) is 7.62. The molecule has 2 heterocycles. The van der Waals surface area contributed by atoms with Crippen molar-refractivity contribution in [2.24, 2.45) is 0 Å². The number of carbonyl (C=O) groups is 1. The molecule has 2 aromatic rings. The predicted octanol–water partition coefficient (Wildman–Crippen LogP) is 3.52. The first-order valence-electron chi connectivity index (χ1n) is 9.66. The number of methoxy groups -OCH3 is 3. The molecule has 0 atom stereocenters. The SMILES string of the molecule is COc1cc(C(=O)N2CCc3ccc(N4CCCC4)cc32)cc(OC)c1OC. The lowest BCUT2D eigenvalue weighted by Gasteiger charge is -2.22. The Morgan fingerprint density at radius 3 is 2.18 bits per heavy atom. The van der Waals surface area contributed by atoms with Gasteiger partial charge in [-0.25, -0.2) is 0 Å². The van der Waals surface area contributed by atoms with Gasteiger partial charge in [-0.15, -0.1) is 0 Å². The summed E-state index contributed by atoms with van der Waals surface area (Å²) in [6, 6.07) is 9.92. The van der Waals surface area contributed by atoms with Gasteiger partial charge in [0.05, 0.1) is 21.3 Å². The van der Waals surface area contributed by atoms with E-state index in [1.165, 1.54) is 24.1 Å². The zero-order chi connectivity index (χ0) is 19.7. The first-order chi connectivity index (χ1) is 13.7. The summed E-state index contributed by atoms with van der Waals surface area (Å²) in [5.74, 6) is 1.39. The van der Waals surface area contributed by atoms with Gasteiger partial charge in [0.1, 0.15) is 0 Å². The van der Waals surface area contributed by atoms with Crippen LogP contribution in [0, 0.1) is 0 Å². The maximum absolute atomic E-state index is 13.3. The van der Waals surface area contributed by atoms with Gasteiger partial charge in [0.15, 0.2) is 11.5 Å². The molecule has 1 saturated heterocycles.